The third-order valence-electron chi connectivity index (χ3n) is 4.65. The predicted octanol–water partition coefficient (Wildman–Crippen LogP) is 3.77. The van der Waals surface area contributed by atoms with Crippen LogP contribution in [0.5, 0.6) is 5.88 Å². The highest BCUT2D eigenvalue weighted by molar-refractivity contribution is 5.67. The number of aryl methyl sites for hydroxylation is 1. The Bertz CT molecular complexity index is 1220. The van der Waals surface area contributed by atoms with Gasteiger partial charge in [0.25, 0.3) is 0 Å². The van der Waals surface area contributed by atoms with E-state index in [4.69, 9.17) is 4.74 Å². The van der Waals surface area contributed by atoms with E-state index in [-0.39, 0.29) is 0 Å². The summed E-state index contributed by atoms with van der Waals surface area (Å²) < 4.78 is 9.54. The van der Waals surface area contributed by atoms with Crippen molar-refractivity contribution in [3.05, 3.63) is 85.1 Å². The van der Waals surface area contributed by atoms with Gasteiger partial charge in [-0.1, -0.05) is 24.3 Å². The van der Waals surface area contributed by atoms with E-state index in [9.17, 15) is 0 Å². The van der Waals surface area contributed by atoms with Crippen molar-refractivity contribution >= 4 is 5.65 Å². The summed E-state index contributed by atoms with van der Waals surface area (Å²) in [6, 6.07) is 15.9. The maximum atomic E-state index is 6.01. The molecular weight excluding hydrogens is 364 g/mol. The van der Waals surface area contributed by atoms with Crippen molar-refractivity contribution in [2.45, 2.75) is 6.61 Å². The van der Waals surface area contributed by atoms with Crippen molar-refractivity contribution in [3.8, 4) is 28.3 Å². The van der Waals surface area contributed by atoms with Crippen LogP contribution in [0.3, 0.4) is 0 Å². The van der Waals surface area contributed by atoms with E-state index in [0.717, 1.165) is 33.6 Å². The summed E-state index contributed by atoms with van der Waals surface area (Å²) in [6.07, 6.45) is 9.15. The molecule has 4 heterocycles. The largest absolute Gasteiger partial charge is 0.471 e. The van der Waals surface area contributed by atoms with Gasteiger partial charge in [0.2, 0.25) is 5.88 Å². The summed E-state index contributed by atoms with van der Waals surface area (Å²) in [5, 5.41) is 8.71. The van der Waals surface area contributed by atoms with Crippen LogP contribution in [0.4, 0.5) is 0 Å². The minimum Gasteiger partial charge on any atom is -0.471 e. The zero-order valence-electron chi connectivity index (χ0n) is 15.8. The van der Waals surface area contributed by atoms with Crippen LogP contribution in [0.25, 0.3) is 28.0 Å². The van der Waals surface area contributed by atoms with Crippen LogP contribution < -0.4 is 4.74 Å². The van der Waals surface area contributed by atoms with Crippen molar-refractivity contribution in [3.63, 3.8) is 0 Å². The van der Waals surface area contributed by atoms with Gasteiger partial charge in [0.15, 0.2) is 5.65 Å². The molecule has 1 aromatic carbocycles. The molecule has 0 fully saturated rings. The van der Waals surface area contributed by atoms with Gasteiger partial charge in [0, 0.05) is 37.4 Å². The number of hydrogen-bond donors (Lipinski definition) is 0. The number of imidazole rings is 1. The summed E-state index contributed by atoms with van der Waals surface area (Å²) in [6.45, 7) is 0.433. The number of nitrogens with zero attached hydrogens (tertiary/aromatic N) is 6. The van der Waals surface area contributed by atoms with Crippen LogP contribution >= 0.6 is 0 Å². The number of fused-ring (bicyclic) bond motifs is 1. The number of hydrogen-bond acceptors (Lipinski definition) is 5. The Balaban J connectivity index is 1.33. The monoisotopic (exact) mass is 382 g/mol. The van der Waals surface area contributed by atoms with Crippen LogP contribution in [0.1, 0.15) is 5.56 Å². The fraction of sp³-hybridized carbons (Fsp3) is 0.0909. The second-order valence-electron chi connectivity index (χ2n) is 6.70. The molecule has 0 N–H and O–H groups in total. The first-order chi connectivity index (χ1) is 14.3. The molecular formula is C22H18N6O. The highest BCUT2D eigenvalue weighted by Gasteiger charge is 2.12. The molecule has 0 aliphatic rings. The molecule has 0 amide bonds. The van der Waals surface area contributed by atoms with Crippen LogP contribution in [0.2, 0.25) is 0 Å². The molecule has 5 aromatic rings. The summed E-state index contributed by atoms with van der Waals surface area (Å²) in [5.41, 5.74) is 5.79. The van der Waals surface area contributed by atoms with E-state index in [1.807, 2.05) is 68.0 Å². The Morgan fingerprint density at radius 2 is 1.72 bits per heavy atom. The van der Waals surface area contributed by atoms with Gasteiger partial charge in [-0.25, -0.2) is 9.50 Å². The fourth-order valence-electron chi connectivity index (χ4n) is 3.20. The quantitative estimate of drug-likeness (QED) is 0.463. The zero-order valence-corrected chi connectivity index (χ0v) is 15.8. The molecule has 0 bridgehead atoms. The van der Waals surface area contributed by atoms with Crippen LogP contribution in [-0.4, -0.2) is 29.4 Å². The first kappa shape index (κ1) is 17.1. The Labute approximate surface area is 167 Å². The highest BCUT2D eigenvalue weighted by Crippen LogP contribution is 2.28. The third-order valence-corrected chi connectivity index (χ3v) is 4.65. The van der Waals surface area contributed by atoms with Gasteiger partial charge >= 0.3 is 0 Å². The van der Waals surface area contributed by atoms with Crippen molar-refractivity contribution in [1.29, 1.82) is 0 Å². The lowest BCUT2D eigenvalue weighted by Crippen LogP contribution is -1.98. The number of ether oxygens (including phenoxy) is 1. The van der Waals surface area contributed by atoms with Crippen molar-refractivity contribution in [1.82, 2.24) is 29.4 Å². The van der Waals surface area contributed by atoms with Crippen molar-refractivity contribution in [2.75, 3.05) is 0 Å². The average molecular weight is 382 g/mol. The lowest BCUT2D eigenvalue weighted by atomic mass is 10.1. The molecule has 7 nitrogen and oxygen atoms in total. The molecule has 0 atom stereocenters. The highest BCUT2D eigenvalue weighted by atomic mass is 16.5. The molecule has 0 aliphatic heterocycles. The molecule has 0 unspecified atom stereocenters. The second-order valence-corrected chi connectivity index (χ2v) is 6.70. The zero-order chi connectivity index (χ0) is 19.6. The van der Waals surface area contributed by atoms with E-state index >= 15 is 0 Å². The lowest BCUT2D eigenvalue weighted by Gasteiger charge is -2.06. The SMILES string of the molecule is Cn1cc(-c2ccncc2)c(OCc2ccc(-c3cn4ncccc4n3)cc2)n1. The van der Waals surface area contributed by atoms with E-state index < -0.39 is 0 Å². The minimum absolute atomic E-state index is 0.433. The molecule has 5 rings (SSSR count). The second kappa shape index (κ2) is 7.20. The Morgan fingerprint density at radius 1 is 0.897 bits per heavy atom. The minimum atomic E-state index is 0.433. The molecule has 0 saturated heterocycles. The van der Waals surface area contributed by atoms with Crippen LogP contribution in [0.15, 0.2) is 79.5 Å². The van der Waals surface area contributed by atoms with Gasteiger partial charge in [0.05, 0.1) is 17.5 Å². The molecule has 29 heavy (non-hydrogen) atoms. The van der Waals surface area contributed by atoms with Gasteiger partial charge in [0.1, 0.15) is 6.61 Å². The number of benzene rings is 1. The summed E-state index contributed by atoms with van der Waals surface area (Å²) >= 11 is 0. The fourth-order valence-corrected chi connectivity index (χ4v) is 3.20. The van der Waals surface area contributed by atoms with E-state index in [0.29, 0.717) is 12.5 Å². The van der Waals surface area contributed by atoms with Gasteiger partial charge in [-0.2, -0.15) is 5.10 Å². The summed E-state index contributed by atoms with van der Waals surface area (Å²) in [5.74, 6) is 0.606. The molecule has 4 aromatic heterocycles. The molecule has 142 valence electrons. The van der Waals surface area contributed by atoms with E-state index in [1.165, 1.54) is 0 Å². The van der Waals surface area contributed by atoms with Gasteiger partial charge in [-0.05, 0) is 35.4 Å². The normalized spacial score (nSPS) is 11.1. The molecule has 0 saturated carbocycles. The number of aromatic nitrogens is 6. The topological polar surface area (TPSA) is 70.1 Å². The van der Waals surface area contributed by atoms with E-state index in [2.05, 4.69) is 20.2 Å². The third kappa shape index (κ3) is 3.45. The lowest BCUT2D eigenvalue weighted by molar-refractivity contribution is 0.292. The molecule has 7 heteroatoms. The van der Waals surface area contributed by atoms with Crippen LogP contribution in [-0.2, 0) is 13.7 Å². The van der Waals surface area contributed by atoms with Crippen molar-refractivity contribution < 1.29 is 4.74 Å². The standard InChI is InChI=1S/C22H18N6O/c1-27-13-19(17-8-11-23-12-9-17)22(26-27)29-15-16-4-6-18(7-5-16)20-14-28-21(25-20)3-2-10-24-28/h2-14H,15H2,1H3. The summed E-state index contributed by atoms with van der Waals surface area (Å²) in [7, 11) is 1.88. The first-order valence-electron chi connectivity index (χ1n) is 9.23. The maximum absolute atomic E-state index is 6.01. The van der Waals surface area contributed by atoms with Gasteiger partial charge < -0.3 is 4.74 Å². The Hall–Kier alpha value is -4.00. The molecule has 0 radical (unpaired) electrons. The maximum Gasteiger partial charge on any atom is 0.241 e. The number of rotatable bonds is 5. The van der Waals surface area contributed by atoms with Gasteiger partial charge in [-0.15, -0.1) is 5.10 Å². The smallest absolute Gasteiger partial charge is 0.241 e. The Kier molecular flexibility index (Phi) is 4.25. The van der Waals surface area contributed by atoms with Crippen LogP contribution in [0, 0.1) is 0 Å². The van der Waals surface area contributed by atoms with Crippen molar-refractivity contribution in [2.24, 2.45) is 7.05 Å². The Morgan fingerprint density at radius 3 is 2.52 bits per heavy atom. The molecule has 0 spiro atoms. The molecule has 0 aliphatic carbocycles. The number of pyridine rings is 1. The average Bonchev–Trinajstić information content (AvgIpc) is 3.36. The van der Waals surface area contributed by atoms with Gasteiger partial charge in [-0.3, -0.25) is 9.67 Å². The predicted molar refractivity (Wildman–Crippen MR) is 109 cm³/mol. The first-order valence-corrected chi connectivity index (χ1v) is 9.23. The summed E-state index contributed by atoms with van der Waals surface area (Å²) in [4.78, 5) is 8.67. The van der Waals surface area contributed by atoms with E-state index in [1.54, 1.807) is 27.8 Å².